The third-order valence-electron chi connectivity index (χ3n) is 2.56. The molecule has 0 aromatic carbocycles. The van der Waals surface area contributed by atoms with Crippen LogP contribution < -0.4 is 0 Å². The molecule has 1 nitrogen and oxygen atoms in total. The fourth-order valence-corrected chi connectivity index (χ4v) is 1.92. The summed E-state index contributed by atoms with van der Waals surface area (Å²) in [5.74, 6) is 1.16. The van der Waals surface area contributed by atoms with Crippen molar-refractivity contribution in [2.45, 2.75) is 47.0 Å². The topological polar surface area (TPSA) is 17.1 Å². The second-order valence-corrected chi connectivity index (χ2v) is 3.29. The molecule has 0 aromatic heterocycles. The molecular formula is C14H24O. The van der Waals surface area contributed by atoms with Gasteiger partial charge in [-0.15, -0.1) is 0 Å². The zero-order chi connectivity index (χ0) is 11.7. The maximum atomic E-state index is 11.3. The number of fused-ring (bicyclic) bond motifs is 1. The Morgan fingerprint density at radius 3 is 2.33 bits per heavy atom. The van der Waals surface area contributed by atoms with Crippen molar-refractivity contribution in [1.82, 2.24) is 0 Å². The van der Waals surface area contributed by atoms with Gasteiger partial charge in [0.25, 0.3) is 0 Å². The third-order valence-corrected chi connectivity index (χ3v) is 2.56. The largest absolute Gasteiger partial charge is 0.299 e. The number of carbonyl (C=O) groups is 1. The van der Waals surface area contributed by atoms with Crippen molar-refractivity contribution in [2.24, 2.45) is 11.8 Å². The fourth-order valence-electron chi connectivity index (χ4n) is 1.92. The Bertz CT molecular complexity index is 225. The lowest BCUT2D eigenvalue weighted by atomic mass is 9.96. The minimum atomic E-state index is 0.216. The lowest BCUT2D eigenvalue weighted by molar-refractivity contribution is -0.119. The first kappa shape index (κ1) is 14.2. The van der Waals surface area contributed by atoms with Crippen LogP contribution in [0.2, 0.25) is 0 Å². The molecule has 0 spiro atoms. The molecule has 0 radical (unpaired) electrons. The predicted octanol–water partition coefficient (Wildman–Crippen LogP) is 4.15. The van der Waals surface area contributed by atoms with Gasteiger partial charge in [-0.3, -0.25) is 4.79 Å². The van der Waals surface area contributed by atoms with Gasteiger partial charge in [0, 0.05) is 12.3 Å². The Kier molecular flexibility index (Phi) is 7.98. The van der Waals surface area contributed by atoms with Gasteiger partial charge in [0.15, 0.2) is 0 Å². The molecule has 0 amide bonds. The zero-order valence-electron chi connectivity index (χ0n) is 10.5. The van der Waals surface area contributed by atoms with Gasteiger partial charge < -0.3 is 0 Å². The number of carbonyl (C=O) groups excluding carboxylic acids is 1. The van der Waals surface area contributed by atoms with E-state index < -0.39 is 0 Å². The minimum Gasteiger partial charge on any atom is -0.299 e. The van der Waals surface area contributed by atoms with Crippen molar-refractivity contribution >= 4 is 5.78 Å². The highest BCUT2D eigenvalue weighted by molar-refractivity contribution is 5.85. The lowest BCUT2D eigenvalue weighted by Crippen LogP contribution is -2.08. The molecule has 1 heteroatoms. The number of hydrogen-bond donors (Lipinski definition) is 0. The highest BCUT2D eigenvalue weighted by Crippen LogP contribution is 2.32. The second kappa shape index (κ2) is 8.46. The summed E-state index contributed by atoms with van der Waals surface area (Å²) < 4.78 is 0. The van der Waals surface area contributed by atoms with Gasteiger partial charge >= 0.3 is 0 Å². The molecule has 86 valence electrons. The van der Waals surface area contributed by atoms with E-state index in [2.05, 4.69) is 24.3 Å². The van der Waals surface area contributed by atoms with Crippen LogP contribution in [0.3, 0.4) is 0 Å². The monoisotopic (exact) mass is 208 g/mol. The van der Waals surface area contributed by atoms with Crippen molar-refractivity contribution in [1.29, 1.82) is 0 Å². The number of rotatable bonds is 0. The van der Waals surface area contributed by atoms with E-state index in [4.69, 9.17) is 0 Å². The van der Waals surface area contributed by atoms with E-state index in [0.29, 0.717) is 11.7 Å². The minimum absolute atomic E-state index is 0.216. The summed E-state index contributed by atoms with van der Waals surface area (Å²) in [7, 11) is 0. The van der Waals surface area contributed by atoms with Crippen molar-refractivity contribution < 1.29 is 4.79 Å². The van der Waals surface area contributed by atoms with Gasteiger partial charge in [-0.2, -0.15) is 0 Å². The van der Waals surface area contributed by atoms with Crippen LogP contribution in [0.5, 0.6) is 0 Å². The van der Waals surface area contributed by atoms with Crippen LogP contribution in [-0.2, 0) is 4.79 Å². The molecule has 1 saturated carbocycles. The summed E-state index contributed by atoms with van der Waals surface area (Å²) in [5.41, 5.74) is 0. The number of hydrogen-bond acceptors (Lipinski definition) is 1. The summed E-state index contributed by atoms with van der Waals surface area (Å²) in [6.07, 6.45) is 11.4. The predicted molar refractivity (Wildman–Crippen MR) is 66.8 cm³/mol. The summed E-state index contributed by atoms with van der Waals surface area (Å²) >= 11 is 0. The van der Waals surface area contributed by atoms with E-state index in [9.17, 15) is 4.79 Å². The van der Waals surface area contributed by atoms with Crippen LogP contribution in [0.15, 0.2) is 24.3 Å². The van der Waals surface area contributed by atoms with Gasteiger partial charge in [-0.25, -0.2) is 0 Å². The molecule has 0 saturated heterocycles. The lowest BCUT2D eigenvalue weighted by Gasteiger charge is -2.07. The molecule has 0 bridgehead atoms. The van der Waals surface area contributed by atoms with Gasteiger partial charge in [-0.05, 0) is 18.8 Å². The highest BCUT2D eigenvalue weighted by Gasteiger charge is 2.30. The molecule has 0 aromatic rings. The first-order valence-electron chi connectivity index (χ1n) is 6.24. The number of allylic oxidation sites excluding steroid dienone is 4. The molecule has 2 aliphatic rings. The van der Waals surface area contributed by atoms with Crippen LogP contribution in [0.1, 0.15) is 47.0 Å². The van der Waals surface area contributed by atoms with E-state index in [1.54, 1.807) is 0 Å². The summed E-state index contributed by atoms with van der Waals surface area (Å²) in [6.45, 7) is 8.00. The van der Waals surface area contributed by atoms with E-state index in [1.807, 2.05) is 27.7 Å². The number of ketones is 1. The Morgan fingerprint density at radius 2 is 1.67 bits per heavy atom. The summed E-state index contributed by atoms with van der Waals surface area (Å²) in [5, 5.41) is 0. The maximum absolute atomic E-state index is 11.3. The number of Topliss-reactive ketones (excluding diaryl/α,β-unsaturated/α-hetero) is 1. The van der Waals surface area contributed by atoms with Gasteiger partial charge in [-0.1, -0.05) is 52.0 Å². The summed E-state index contributed by atoms with van der Waals surface area (Å²) in [4.78, 5) is 11.3. The van der Waals surface area contributed by atoms with E-state index >= 15 is 0 Å². The summed E-state index contributed by atoms with van der Waals surface area (Å²) in [6, 6.07) is 0. The molecule has 2 unspecified atom stereocenters. The van der Waals surface area contributed by atoms with Crippen LogP contribution in [0.4, 0.5) is 0 Å². The van der Waals surface area contributed by atoms with E-state index in [-0.39, 0.29) is 5.92 Å². The standard InChI is InChI=1S/C10H12O.2C2H6/c11-10-7-6-8-4-2-1-3-5-9(8)10;2*1-2/h2-5,8-9H,1,6-7H2;2*1-2H3. The van der Waals surface area contributed by atoms with Gasteiger partial charge in [0.1, 0.15) is 5.78 Å². The first-order chi connectivity index (χ1) is 7.38. The van der Waals surface area contributed by atoms with Gasteiger partial charge in [0.05, 0.1) is 0 Å². The Hall–Kier alpha value is -0.850. The quantitative estimate of drug-likeness (QED) is 0.546. The molecule has 15 heavy (non-hydrogen) atoms. The second-order valence-electron chi connectivity index (χ2n) is 3.29. The smallest absolute Gasteiger partial charge is 0.140 e. The zero-order valence-corrected chi connectivity index (χ0v) is 10.5. The van der Waals surface area contributed by atoms with E-state index in [1.165, 1.54) is 0 Å². The Balaban J connectivity index is 0.000000442. The molecule has 1 fully saturated rings. The molecule has 0 aliphatic heterocycles. The fraction of sp³-hybridized carbons (Fsp3) is 0.643. The maximum Gasteiger partial charge on any atom is 0.140 e. The molecule has 2 rings (SSSR count). The highest BCUT2D eigenvalue weighted by atomic mass is 16.1. The Morgan fingerprint density at radius 1 is 1.07 bits per heavy atom. The average molecular weight is 208 g/mol. The van der Waals surface area contributed by atoms with Crippen LogP contribution in [0, 0.1) is 11.8 Å². The third kappa shape index (κ3) is 4.03. The van der Waals surface area contributed by atoms with E-state index in [0.717, 1.165) is 19.3 Å². The van der Waals surface area contributed by atoms with Crippen LogP contribution in [-0.4, -0.2) is 5.78 Å². The van der Waals surface area contributed by atoms with Crippen molar-refractivity contribution in [3.63, 3.8) is 0 Å². The normalized spacial score (nSPS) is 26.8. The molecule has 0 N–H and O–H groups in total. The SMILES string of the molecule is CC.CC.O=C1CCC2C=CCC=CC12. The van der Waals surface area contributed by atoms with Crippen LogP contribution in [0.25, 0.3) is 0 Å². The van der Waals surface area contributed by atoms with Crippen molar-refractivity contribution in [3.8, 4) is 0 Å². The molecule has 2 atom stereocenters. The van der Waals surface area contributed by atoms with Crippen molar-refractivity contribution in [3.05, 3.63) is 24.3 Å². The molecule has 0 heterocycles. The average Bonchev–Trinajstić information content (AvgIpc) is 2.56. The van der Waals surface area contributed by atoms with Crippen LogP contribution >= 0.6 is 0 Å². The molecule has 2 aliphatic carbocycles. The van der Waals surface area contributed by atoms with Gasteiger partial charge in [0.2, 0.25) is 0 Å². The molecular weight excluding hydrogens is 184 g/mol. The van der Waals surface area contributed by atoms with Crippen molar-refractivity contribution in [2.75, 3.05) is 0 Å². The Labute approximate surface area is 94.3 Å². The first-order valence-corrected chi connectivity index (χ1v) is 6.24.